The fraction of sp³-hybridized carbons (Fsp3) is 0.300. The number of hydrogen-bond acceptors (Lipinski definition) is 4. The topological polar surface area (TPSA) is 100 Å². The van der Waals surface area contributed by atoms with Crippen LogP contribution in [0.4, 0.5) is 5.69 Å². The van der Waals surface area contributed by atoms with Gasteiger partial charge in [0, 0.05) is 19.3 Å². The van der Waals surface area contributed by atoms with Crippen LogP contribution in [-0.4, -0.2) is 57.8 Å². The maximum Gasteiger partial charge on any atom is 0.279 e. The molecule has 0 bridgehead atoms. The van der Waals surface area contributed by atoms with E-state index in [9.17, 15) is 18.0 Å². The average Bonchev–Trinajstić information content (AvgIpc) is 2.69. The number of quaternary nitrogens is 1. The zero-order valence-corrected chi connectivity index (χ0v) is 17.0. The van der Waals surface area contributed by atoms with E-state index in [1.807, 2.05) is 30.3 Å². The summed E-state index contributed by atoms with van der Waals surface area (Å²) < 4.78 is 26.8. The molecule has 8 nitrogen and oxygen atoms in total. The van der Waals surface area contributed by atoms with Gasteiger partial charge in [0.2, 0.25) is 10.0 Å². The minimum absolute atomic E-state index is 0.0618. The minimum atomic E-state index is -3.64. The number of anilines is 1. The second kappa shape index (κ2) is 9.17. The molecular weight excluding hydrogens is 392 g/mol. The van der Waals surface area contributed by atoms with Crippen LogP contribution in [0.2, 0.25) is 0 Å². The standard InChI is InChI=1S/C20H24N4O4S/c1-23(13-16-5-3-2-4-6-16)29(27,28)18-9-7-17(8-10-18)22-20(26)15-24-12-11-21-19(25)14-24/h2-10H,11-15H2,1H3,(H,21,25)(H,22,26)/p+1. The van der Waals surface area contributed by atoms with Crippen LogP contribution >= 0.6 is 0 Å². The van der Waals surface area contributed by atoms with Gasteiger partial charge in [-0.2, -0.15) is 4.31 Å². The molecule has 154 valence electrons. The fourth-order valence-corrected chi connectivity index (χ4v) is 4.31. The molecule has 1 atom stereocenters. The lowest BCUT2D eigenvalue weighted by atomic mass is 10.2. The van der Waals surface area contributed by atoms with E-state index in [0.29, 0.717) is 18.8 Å². The molecule has 2 aromatic rings. The highest BCUT2D eigenvalue weighted by molar-refractivity contribution is 7.89. The van der Waals surface area contributed by atoms with Crippen LogP contribution in [0.5, 0.6) is 0 Å². The number of sulfonamides is 1. The van der Waals surface area contributed by atoms with Gasteiger partial charge in [-0.1, -0.05) is 30.3 Å². The van der Waals surface area contributed by atoms with Gasteiger partial charge in [-0.25, -0.2) is 8.42 Å². The Kier molecular flexibility index (Phi) is 6.63. The molecule has 2 amide bonds. The monoisotopic (exact) mass is 417 g/mol. The predicted octanol–water partition coefficient (Wildman–Crippen LogP) is -0.539. The van der Waals surface area contributed by atoms with Crippen LogP contribution in [0.3, 0.4) is 0 Å². The van der Waals surface area contributed by atoms with Gasteiger partial charge in [0.25, 0.3) is 11.8 Å². The van der Waals surface area contributed by atoms with Gasteiger partial charge >= 0.3 is 0 Å². The largest absolute Gasteiger partial charge is 0.346 e. The van der Waals surface area contributed by atoms with E-state index in [2.05, 4.69) is 10.6 Å². The summed E-state index contributed by atoms with van der Waals surface area (Å²) in [6.07, 6.45) is 0. The van der Waals surface area contributed by atoms with E-state index in [1.54, 1.807) is 12.1 Å². The lowest BCUT2D eigenvalue weighted by molar-refractivity contribution is -0.885. The van der Waals surface area contributed by atoms with Crippen LogP contribution in [0.15, 0.2) is 59.5 Å². The smallest absolute Gasteiger partial charge is 0.279 e. The summed E-state index contributed by atoms with van der Waals surface area (Å²) in [5.74, 6) is -0.278. The fourth-order valence-electron chi connectivity index (χ4n) is 3.16. The maximum atomic E-state index is 12.8. The van der Waals surface area contributed by atoms with Gasteiger partial charge in [-0.05, 0) is 29.8 Å². The number of piperazine rings is 1. The van der Waals surface area contributed by atoms with Crippen molar-refractivity contribution in [2.45, 2.75) is 11.4 Å². The molecule has 0 aromatic heterocycles. The zero-order valence-electron chi connectivity index (χ0n) is 16.2. The summed E-state index contributed by atoms with van der Waals surface area (Å²) >= 11 is 0. The summed E-state index contributed by atoms with van der Waals surface area (Å²) in [6, 6.07) is 15.5. The van der Waals surface area contributed by atoms with Crippen molar-refractivity contribution in [3.8, 4) is 0 Å². The molecule has 3 N–H and O–H groups in total. The number of nitrogens with zero attached hydrogens (tertiary/aromatic N) is 1. The molecule has 1 aliphatic heterocycles. The highest BCUT2D eigenvalue weighted by atomic mass is 32.2. The van der Waals surface area contributed by atoms with Gasteiger partial charge in [-0.3, -0.25) is 9.59 Å². The van der Waals surface area contributed by atoms with Crippen molar-refractivity contribution in [2.24, 2.45) is 0 Å². The number of benzene rings is 2. The molecule has 1 fully saturated rings. The third-order valence-electron chi connectivity index (χ3n) is 4.72. The van der Waals surface area contributed by atoms with E-state index in [1.165, 1.54) is 23.5 Å². The first-order chi connectivity index (χ1) is 13.8. The van der Waals surface area contributed by atoms with Crippen molar-refractivity contribution >= 4 is 27.5 Å². The third kappa shape index (κ3) is 5.63. The van der Waals surface area contributed by atoms with Crippen LogP contribution in [0.25, 0.3) is 0 Å². The van der Waals surface area contributed by atoms with Crippen molar-refractivity contribution in [3.05, 3.63) is 60.2 Å². The van der Waals surface area contributed by atoms with E-state index in [-0.39, 0.29) is 36.3 Å². The second-order valence-corrected chi connectivity index (χ2v) is 9.07. The molecule has 0 radical (unpaired) electrons. The second-order valence-electron chi connectivity index (χ2n) is 7.02. The average molecular weight is 418 g/mol. The molecule has 0 aliphatic carbocycles. The maximum absolute atomic E-state index is 12.8. The molecule has 2 aromatic carbocycles. The first kappa shape index (κ1) is 21.0. The molecule has 0 saturated carbocycles. The number of rotatable bonds is 7. The summed E-state index contributed by atoms with van der Waals surface area (Å²) in [5.41, 5.74) is 1.41. The Morgan fingerprint density at radius 1 is 1.14 bits per heavy atom. The summed E-state index contributed by atoms with van der Waals surface area (Å²) in [6.45, 7) is 1.99. The van der Waals surface area contributed by atoms with Gasteiger partial charge in [0.05, 0.1) is 18.0 Å². The van der Waals surface area contributed by atoms with E-state index in [4.69, 9.17) is 0 Å². The molecule has 1 saturated heterocycles. The van der Waals surface area contributed by atoms with Crippen LogP contribution in [0, 0.1) is 0 Å². The minimum Gasteiger partial charge on any atom is -0.346 e. The molecular formula is C20H25N4O4S+. The number of carbonyl (C=O) groups is 2. The predicted molar refractivity (Wildman–Crippen MR) is 109 cm³/mol. The highest BCUT2D eigenvalue weighted by Gasteiger charge is 2.23. The number of nitrogens with one attached hydrogen (secondary N) is 3. The summed E-state index contributed by atoms with van der Waals surface area (Å²) in [4.78, 5) is 24.6. The molecule has 29 heavy (non-hydrogen) atoms. The quantitative estimate of drug-likeness (QED) is 0.563. The van der Waals surface area contributed by atoms with Crippen molar-refractivity contribution in [1.82, 2.24) is 9.62 Å². The van der Waals surface area contributed by atoms with Gasteiger partial charge < -0.3 is 15.5 Å². The third-order valence-corrected chi connectivity index (χ3v) is 6.53. The van der Waals surface area contributed by atoms with Crippen LogP contribution in [-0.2, 0) is 26.2 Å². The molecule has 0 spiro atoms. The Hall–Kier alpha value is -2.75. The van der Waals surface area contributed by atoms with Gasteiger partial charge in [-0.15, -0.1) is 0 Å². The zero-order chi connectivity index (χ0) is 20.9. The van der Waals surface area contributed by atoms with Crippen molar-refractivity contribution in [1.29, 1.82) is 0 Å². The van der Waals surface area contributed by atoms with E-state index < -0.39 is 10.0 Å². The Labute approximate surface area is 170 Å². The van der Waals surface area contributed by atoms with Crippen molar-refractivity contribution in [2.75, 3.05) is 38.5 Å². The lowest BCUT2D eigenvalue weighted by Gasteiger charge is -2.23. The van der Waals surface area contributed by atoms with E-state index >= 15 is 0 Å². The molecule has 9 heteroatoms. The SMILES string of the molecule is CN(Cc1ccccc1)S(=O)(=O)c1ccc(NC(=O)C[NH+]2CCNC(=O)C2)cc1. The van der Waals surface area contributed by atoms with Crippen molar-refractivity contribution in [3.63, 3.8) is 0 Å². The first-order valence-corrected chi connectivity index (χ1v) is 10.8. The Balaban J connectivity index is 1.59. The highest BCUT2D eigenvalue weighted by Crippen LogP contribution is 2.19. The Morgan fingerprint density at radius 3 is 2.48 bits per heavy atom. The van der Waals surface area contributed by atoms with Crippen LogP contribution < -0.4 is 15.5 Å². The van der Waals surface area contributed by atoms with Crippen LogP contribution in [0.1, 0.15) is 5.56 Å². The molecule has 1 aliphatic rings. The summed E-state index contributed by atoms with van der Waals surface area (Å²) in [7, 11) is -2.10. The number of amides is 2. The Bertz CT molecular complexity index is 962. The van der Waals surface area contributed by atoms with Gasteiger partial charge in [0.15, 0.2) is 13.1 Å². The number of hydrogen-bond donors (Lipinski definition) is 3. The van der Waals surface area contributed by atoms with Gasteiger partial charge in [0.1, 0.15) is 0 Å². The summed E-state index contributed by atoms with van der Waals surface area (Å²) in [5, 5.41) is 5.48. The molecule has 1 heterocycles. The molecule has 1 unspecified atom stereocenters. The normalized spacial score (nSPS) is 17.0. The van der Waals surface area contributed by atoms with Crippen molar-refractivity contribution < 1.29 is 22.9 Å². The number of carbonyl (C=O) groups excluding carboxylic acids is 2. The van der Waals surface area contributed by atoms with E-state index in [0.717, 1.165) is 10.5 Å². The molecule has 3 rings (SSSR count). The first-order valence-electron chi connectivity index (χ1n) is 9.35. The lowest BCUT2D eigenvalue weighted by Crippen LogP contribution is -3.16. The Morgan fingerprint density at radius 2 is 1.83 bits per heavy atom.